The number of para-hydroxylation sites is 1. The van der Waals surface area contributed by atoms with Crippen LogP contribution in [0.5, 0.6) is 0 Å². The van der Waals surface area contributed by atoms with E-state index in [2.05, 4.69) is 33.0 Å². The second-order valence-corrected chi connectivity index (χ2v) is 6.30. The van der Waals surface area contributed by atoms with Gasteiger partial charge >= 0.3 is 0 Å². The van der Waals surface area contributed by atoms with Crippen molar-refractivity contribution in [3.8, 4) is 11.6 Å². The smallest absolute Gasteiger partial charge is 0.264 e. The number of aryl methyl sites for hydroxylation is 1. The first-order valence-corrected chi connectivity index (χ1v) is 8.37. The van der Waals surface area contributed by atoms with Crippen LogP contribution in [-0.2, 0) is 16.0 Å². The maximum Gasteiger partial charge on any atom is 0.264 e. The number of ether oxygens (including phenoxy) is 2. The van der Waals surface area contributed by atoms with Gasteiger partial charge in [-0.3, -0.25) is 0 Å². The third-order valence-electron chi connectivity index (χ3n) is 4.24. The molecular weight excluding hydrogens is 306 g/mol. The molecule has 0 bridgehead atoms. The SMILES string of the molecule is CC(C)c1nnc(-c2cc3ccccc3n2CCC2OCCO2)o1. The van der Waals surface area contributed by atoms with Gasteiger partial charge in [0.15, 0.2) is 6.29 Å². The van der Waals surface area contributed by atoms with Crippen molar-refractivity contribution in [3.05, 3.63) is 36.2 Å². The fraction of sp³-hybridized carbons (Fsp3) is 0.444. The van der Waals surface area contributed by atoms with Crippen LogP contribution in [0.1, 0.15) is 32.1 Å². The highest BCUT2D eigenvalue weighted by Crippen LogP contribution is 2.29. The summed E-state index contributed by atoms with van der Waals surface area (Å²) >= 11 is 0. The molecule has 0 spiro atoms. The van der Waals surface area contributed by atoms with Gasteiger partial charge in [-0.1, -0.05) is 32.0 Å². The van der Waals surface area contributed by atoms with Crippen LogP contribution in [0.15, 0.2) is 34.7 Å². The van der Waals surface area contributed by atoms with Gasteiger partial charge in [-0.05, 0) is 12.1 Å². The predicted molar refractivity (Wildman–Crippen MR) is 89.6 cm³/mol. The third kappa shape index (κ3) is 2.83. The summed E-state index contributed by atoms with van der Waals surface area (Å²) in [5, 5.41) is 9.56. The molecular formula is C18H21N3O3. The fourth-order valence-electron chi connectivity index (χ4n) is 3.01. The Hall–Kier alpha value is -2.18. The van der Waals surface area contributed by atoms with E-state index in [1.165, 1.54) is 0 Å². The summed E-state index contributed by atoms with van der Waals surface area (Å²) in [6.07, 6.45) is 0.657. The molecule has 3 aromatic rings. The number of aromatic nitrogens is 3. The van der Waals surface area contributed by atoms with Crippen LogP contribution in [0.25, 0.3) is 22.5 Å². The van der Waals surface area contributed by atoms with Crippen LogP contribution >= 0.6 is 0 Å². The molecule has 0 saturated carbocycles. The molecule has 0 radical (unpaired) electrons. The van der Waals surface area contributed by atoms with E-state index in [0.29, 0.717) is 25.0 Å². The summed E-state index contributed by atoms with van der Waals surface area (Å²) in [6, 6.07) is 10.4. The Labute approximate surface area is 140 Å². The molecule has 0 unspecified atom stereocenters. The minimum absolute atomic E-state index is 0.132. The molecule has 0 amide bonds. The Balaban J connectivity index is 1.71. The van der Waals surface area contributed by atoms with Gasteiger partial charge < -0.3 is 18.5 Å². The van der Waals surface area contributed by atoms with Crippen LogP contribution in [0.2, 0.25) is 0 Å². The molecule has 1 aliphatic heterocycles. The van der Waals surface area contributed by atoms with Gasteiger partial charge in [0.05, 0.1) is 13.2 Å². The summed E-state index contributed by atoms with van der Waals surface area (Å²) in [5.41, 5.74) is 2.09. The Morgan fingerprint density at radius 3 is 2.71 bits per heavy atom. The summed E-state index contributed by atoms with van der Waals surface area (Å²) in [7, 11) is 0. The normalized spacial score (nSPS) is 15.8. The van der Waals surface area contributed by atoms with E-state index in [0.717, 1.165) is 29.6 Å². The van der Waals surface area contributed by atoms with Gasteiger partial charge in [0.1, 0.15) is 5.69 Å². The number of hydrogen-bond donors (Lipinski definition) is 0. The first-order chi connectivity index (χ1) is 11.7. The van der Waals surface area contributed by atoms with Gasteiger partial charge in [0.25, 0.3) is 5.89 Å². The van der Waals surface area contributed by atoms with E-state index in [4.69, 9.17) is 13.9 Å². The Bertz CT molecular complexity index is 831. The second-order valence-electron chi connectivity index (χ2n) is 6.30. The topological polar surface area (TPSA) is 62.3 Å². The van der Waals surface area contributed by atoms with E-state index in [1.54, 1.807) is 0 Å². The standard InChI is InChI=1S/C18H21N3O3/c1-12(2)17-19-20-18(24-17)15-11-13-5-3-4-6-14(13)21(15)8-7-16-22-9-10-23-16/h3-6,11-12,16H,7-10H2,1-2H3. The van der Waals surface area contributed by atoms with Crippen molar-refractivity contribution in [1.29, 1.82) is 0 Å². The van der Waals surface area contributed by atoms with Crippen LogP contribution in [0.3, 0.4) is 0 Å². The summed E-state index contributed by atoms with van der Waals surface area (Å²) in [6.45, 7) is 6.20. The Morgan fingerprint density at radius 2 is 1.96 bits per heavy atom. The summed E-state index contributed by atoms with van der Waals surface area (Å²) < 4.78 is 19.2. The molecule has 0 aliphatic carbocycles. The molecule has 3 heterocycles. The van der Waals surface area contributed by atoms with Crippen molar-refractivity contribution in [2.45, 2.75) is 39.0 Å². The van der Waals surface area contributed by atoms with Crippen LogP contribution in [-0.4, -0.2) is 34.3 Å². The van der Waals surface area contributed by atoms with E-state index in [1.807, 2.05) is 26.0 Å². The number of rotatable bonds is 5. The molecule has 4 rings (SSSR count). The molecule has 1 aromatic carbocycles. The monoisotopic (exact) mass is 327 g/mol. The minimum atomic E-state index is -0.132. The van der Waals surface area contributed by atoms with Gasteiger partial charge in [-0.15, -0.1) is 10.2 Å². The lowest BCUT2D eigenvalue weighted by Crippen LogP contribution is -2.12. The average molecular weight is 327 g/mol. The molecule has 0 atom stereocenters. The average Bonchev–Trinajstić information content (AvgIpc) is 3.31. The van der Waals surface area contributed by atoms with E-state index < -0.39 is 0 Å². The highest BCUT2D eigenvalue weighted by molar-refractivity contribution is 5.85. The Morgan fingerprint density at radius 1 is 1.17 bits per heavy atom. The quantitative estimate of drug-likeness (QED) is 0.717. The van der Waals surface area contributed by atoms with E-state index in [-0.39, 0.29) is 12.2 Å². The van der Waals surface area contributed by atoms with Gasteiger partial charge in [0, 0.05) is 29.8 Å². The maximum atomic E-state index is 5.87. The first kappa shape index (κ1) is 15.4. The van der Waals surface area contributed by atoms with Crippen LogP contribution in [0, 0.1) is 0 Å². The highest BCUT2D eigenvalue weighted by Gasteiger charge is 2.20. The largest absolute Gasteiger partial charge is 0.419 e. The van der Waals surface area contributed by atoms with Crippen LogP contribution < -0.4 is 0 Å². The van der Waals surface area contributed by atoms with Crippen molar-refractivity contribution < 1.29 is 13.9 Å². The predicted octanol–water partition coefficient (Wildman–Crippen LogP) is 3.58. The van der Waals surface area contributed by atoms with Crippen LogP contribution in [0.4, 0.5) is 0 Å². The van der Waals surface area contributed by atoms with E-state index in [9.17, 15) is 0 Å². The molecule has 6 nitrogen and oxygen atoms in total. The fourth-order valence-corrected chi connectivity index (χ4v) is 3.01. The molecule has 0 N–H and O–H groups in total. The lowest BCUT2D eigenvalue weighted by atomic mass is 10.2. The molecule has 6 heteroatoms. The number of nitrogens with zero attached hydrogens (tertiary/aromatic N) is 3. The molecule has 2 aromatic heterocycles. The van der Waals surface area contributed by atoms with Crippen molar-refractivity contribution in [2.24, 2.45) is 0 Å². The molecule has 24 heavy (non-hydrogen) atoms. The van der Waals surface area contributed by atoms with Crippen molar-refractivity contribution in [3.63, 3.8) is 0 Å². The zero-order chi connectivity index (χ0) is 16.5. The van der Waals surface area contributed by atoms with Crippen molar-refractivity contribution >= 4 is 10.9 Å². The van der Waals surface area contributed by atoms with Crippen molar-refractivity contribution in [2.75, 3.05) is 13.2 Å². The first-order valence-electron chi connectivity index (χ1n) is 8.37. The lowest BCUT2D eigenvalue weighted by molar-refractivity contribution is -0.0488. The van der Waals surface area contributed by atoms with Crippen molar-refractivity contribution in [1.82, 2.24) is 14.8 Å². The third-order valence-corrected chi connectivity index (χ3v) is 4.24. The summed E-state index contributed by atoms with van der Waals surface area (Å²) in [4.78, 5) is 0. The molecule has 1 aliphatic rings. The molecule has 1 saturated heterocycles. The highest BCUT2D eigenvalue weighted by atomic mass is 16.7. The summed E-state index contributed by atoms with van der Waals surface area (Å²) in [5.74, 6) is 1.43. The second kappa shape index (κ2) is 6.37. The van der Waals surface area contributed by atoms with Gasteiger partial charge in [0.2, 0.25) is 5.89 Å². The van der Waals surface area contributed by atoms with E-state index >= 15 is 0 Å². The van der Waals surface area contributed by atoms with Gasteiger partial charge in [-0.2, -0.15) is 0 Å². The number of fused-ring (bicyclic) bond motifs is 1. The molecule has 126 valence electrons. The maximum absolute atomic E-state index is 5.87. The number of hydrogen-bond acceptors (Lipinski definition) is 5. The molecule has 1 fully saturated rings. The minimum Gasteiger partial charge on any atom is -0.419 e. The Kier molecular flexibility index (Phi) is 4.08. The zero-order valence-corrected chi connectivity index (χ0v) is 13.9. The zero-order valence-electron chi connectivity index (χ0n) is 13.9. The number of benzene rings is 1. The lowest BCUT2D eigenvalue weighted by Gasteiger charge is -2.12. The van der Waals surface area contributed by atoms with Gasteiger partial charge in [-0.25, -0.2) is 0 Å².